The van der Waals surface area contributed by atoms with Gasteiger partial charge in [0.05, 0.1) is 24.7 Å². The number of hydrogen-bond donors (Lipinski definition) is 1. The van der Waals surface area contributed by atoms with Gasteiger partial charge in [-0.15, -0.1) is 0 Å². The highest BCUT2D eigenvalue weighted by molar-refractivity contribution is 7.92. The fraction of sp³-hybridized carbons (Fsp3) is 0.375. The zero-order chi connectivity index (χ0) is 10.6. The molecule has 0 atom stereocenters. The van der Waals surface area contributed by atoms with Crippen LogP contribution in [0.3, 0.4) is 0 Å². The summed E-state index contributed by atoms with van der Waals surface area (Å²) in [5.74, 6) is 0.478. The minimum absolute atomic E-state index is 0.427. The molecule has 0 radical (unpaired) electrons. The number of aromatic nitrogens is 1. The molecule has 0 saturated heterocycles. The third kappa shape index (κ3) is 3.61. The van der Waals surface area contributed by atoms with Crippen molar-refractivity contribution in [3.8, 4) is 5.88 Å². The lowest BCUT2D eigenvalue weighted by Gasteiger charge is -2.04. The Kier molecular flexibility index (Phi) is 3.29. The zero-order valence-electron chi connectivity index (χ0n) is 8.02. The molecule has 1 N–H and O–H groups in total. The van der Waals surface area contributed by atoms with Crippen LogP contribution in [0.5, 0.6) is 5.88 Å². The Bertz CT molecular complexity index is 386. The van der Waals surface area contributed by atoms with Gasteiger partial charge in [0.2, 0.25) is 15.9 Å². The Hall–Kier alpha value is -1.30. The minimum Gasteiger partial charge on any atom is -0.478 e. The van der Waals surface area contributed by atoms with E-state index in [1.165, 1.54) is 6.20 Å². The number of hydrogen-bond acceptors (Lipinski definition) is 4. The van der Waals surface area contributed by atoms with E-state index in [2.05, 4.69) is 9.71 Å². The average molecular weight is 216 g/mol. The molecule has 0 aliphatic heterocycles. The highest BCUT2D eigenvalue weighted by Gasteiger charge is 2.01. The first-order valence-electron chi connectivity index (χ1n) is 4.08. The van der Waals surface area contributed by atoms with Gasteiger partial charge in [-0.1, -0.05) is 0 Å². The molecule has 0 aromatic carbocycles. The molecule has 1 heterocycles. The minimum atomic E-state index is -3.23. The summed E-state index contributed by atoms with van der Waals surface area (Å²) in [5.41, 5.74) is 0.427. The fourth-order valence-corrected chi connectivity index (χ4v) is 1.44. The van der Waals surface area contributed by atoms with Crippen LogP contribution in [-0.2, 0) is 10.0 Å². The first kappa shape index (κ1) is 10.8. The van der Waals surface area contributed by atoms with E-state index in [1.807, 2.05) is 6.92 Å². The van der Waals surface area contributed by atoms with Gasteiger partial charge in [-0.2, -0.15) is 0 Å². The molecule has 0 amide bonds. The van der Waals surface area contributed by atoms with E-state index in [0.29, 0.717) is 18.2 Å². The molecule has 1 aromatic rings. The maximum atomic E-state index is 10.8. The fourth-order valence-electron chi connectivity index (χ4n) is 0.888. The number of rotatable bonds is 4. The molecule has 0 aliphatic carbocycles. The Balaban J connectivity index is 2.74. The maximum absolute atomic E-state index is 10.8. The van der Waals surface area contributed by atoms with Gasteiger partial charge in [-0.05, 0) is 13.0 Å². The van der Waals surface area contributed by atoms with Gasteiger partial charge >= 0.3 is 0 Å². The van der Waals surface area contributed by atoms with Crippen LogP contribution in [0.15, 0.2) is 18.3 Å². The lowest BCUT2D eigenvalue weighted by molar-refractivity contribution is 0.327. The molecule has 14 heavy (non-hydrogen) atoms. The molecule has 1 aromatic heterocycles. The Labute approximate surface area is 83.2 Å². The van der Waals surface area contributed by atoms with Crippen LogP contribution in [0.1, 0.15) is 6.92 Å². The number of nitrogens with one attached hydrogen (secondary N) is 1. The van der Waals surface area contributed by atoms with Crippen LogP contribution in [-0.4, -0.2) is 26.3 Å². The monoisotopic (exact) mass is 216 g/mol. The maximum Gasteiger partial charge on any atom is 0.229 e. The van der Waals surface area contributed by atoms with E-state index in [9.17, 15) is 8.42 Å². The molecule has 0 unspecified atom stereocenters. The van der Waals surface area contributed by atoms with Crippen molar-refractivity contribution >= 4 is 15.7 Å². The number of nitrogens with zero attached hydrogens (tertiary/aromatic N) is 1. The van der Waals surface area contributed by atoms with Crippen molar-refractivity contribution in [3.05, 3.63) is 18.3 Å². The molecule has 0 saturated carbocycles. The lowest BCUT2D eigenvalue weighted by atomic mass is 10.4. The topological polar surface area (TPSA) is 68.3 Å². The van der Waals surface area contributed by atoms with Gasteiger partial charge in [-0.25, -0.2) is 13.4 Å². The summed E-state index contributed by atoms with van der Waals surface area (Å²) in [7, 11) is -3.23. The molecular weight excluding hydrogens is 204 g/mol. The summed E-state index contributed by atoms with van der Waals surface area (Å²) in [6.45, 7) is 2.39. The third-order valence-corrected chi connectivity index (χ3v) is 1.94. The predicted octanol–water partition coefficient (Wildman–Crippen LogP) is 0.852. The van der Waals surface area contributed by atoms with Crippen LogP contribution in [0.4, 0.5) is 5.69 Å². The number of ether oxygens (including phenoxy) is 1. The van der Waals surface area contributed by atoms with Gasteiger partial charge in [0.1, 0.15) is 0 Å². The molecule has 0 fully saturated rings. The summed E-state index contributed by atoms with van der Waals surface area (Å²) < 4.78 is 29.1. The summed E-state index contributed by atoms with van der Waals surface area (Å²) >= 11 is 0. The summed E-state index contributed by atoms with van der Waals surface area (Å²) in [4.78, 5) is 3.90. The molecular formula is C8H12N2O3S. The second kappa shape index (κ2) is 4.28. The van der Waals surface area contributed by atoms with E-state index < -0.39 is 10.0 Å². The van der Waals surface area contributed by atoms with Crippen molar-refractivity contribution < 1.29 is 13.2 Å². The van der Waals surface area contributed by atoms with E-state index in [0.717, 1.165) is 6.26 Å². The van der Waals surface area contributed by atoms with Gasteiger partial charge < -0.3 is 4.74 Å². The standard InChI is InChI=1S/C8H12N2O3S/c1-3-13-8-5-4-7(6-9-8)10-14(2,11)12/h4-6,10H,3H2,1-2H3. The largest absolute Gasteiger partial charge is 0.478 e. The van der Waals surface area contributed by atoms with Crippen molar-refractivity contribution in [3.63, 3.8) is 0 Å². The van der Waals surface area contributed by atoms with E-state index in [1.54, 1.807) is 12.1 Å². The molecule has 0 bridgehead atoms. The molecule has 0 spiro atoms. The molecule has 78 valence electrons. The molecule has 5 nitrogen and oxygen atoms in total. The van der Waals surface area contributed by atoms with Crippen molar-refractivity contribution in [1.82, 2.24) is 4.98 Å². The normalized spacial score (nSPS) is 11.0. The number of sulfonamides is 1. The van der Waals surface area contributed by atoms with Crippen molar-refractivity contribution in [1.29, 1.82) is 0 Å². The van der Waals surface area contributed by atoms with Crippen LogP contribution in [0, 0.1) is 0 Å². The Morgan fingerprint density at radius 1 is 1.50 bits per heavy atom. The highest BCUT2D eigenvalue weighted by atomic mass is 32.2. The number of pyridine rings is 1. The average Bonchev–Trinajstić information content (AvgIpc) is 2.06. The summed E-state index contributed by atoms with van der Waals surface area (Å²) in [6.07, 6.45) is 2.50. The van der Waals surface area contributed by atoms with Gasteiger partial charge in [0.15, 0.2) is 0 Å². The smallest absolute Gasteiger partial charge is 0.229 e. The van der Waals surface area contributed by atoms with Crippen LogP contribution < -0.4 is 9.46 Å². The Morgan fingerprint density at radius 2 is 2.21 bits per heavy atom. The van der Waals surface area contributed by atoms with Gasteiger partial charge in [-0.3, -0.25) is 4.72 Å². The van der Waals surface area contributed by atoms with Gasteiger partial charge in [0.25, 0.3) is 0 Å². The van der Waals surface area contributed by atoms with Crippen molar-refractivity contribution in [2.24, 2.45) is 0 Å². The van der Waals surface area contributed by atoms with E-state index in [4.69, 9.17) is 4.74 Å². The highest BCUT2D eigenvalue weighted by Crippen LogP contribution is 2.12. The van der Waals surface area contributed by atoms with E-state index in [-0.39, 0.29) is 0 Å². The molecule has 1 rings (SSSR count). The van der Waals surface area contributed by atoms with Crippen LogP contribution in [0.25, 0.3) is 0 Å². The SMILES string of the molecule is CCOc1ccc(NS(C)(=O)=O)cn1. The molecule has 0 aliphatic rings. The van der Waals surface area contributed by atoms with E-state index >= 15 is 0 Å². The quantitative estimate of drug-likeness (QED) is 0.810. The summed E-state index contributed by atoms with van der Waals surface area (Å²) in [6, 6.07) is 3.20. The zero-order valence-corrected chi connectivity index (χ0v) is 8.84. The Morgan fingerprint density at radius 3 is 2.64 bits per heavy atom. The predicted molar refractivity (Wildman–Crippen MR) is 53.9 cm³/mol. The second-order valence-corrected chi connectivity index (χ2v) is 4.44. The van der Waals surface area contributed by atoms with Crippen LogP contribution in [0.2, 0.25) is 0 Å². The van der Waals surface area contributed by atoms with Gasteiger partial charge in [0, 0.05) is 6.07 Å². The van der Waals surface area contributed by atoms with Crippen LogP contribution >= 0.6 is 0 Å². The number of anilines is 1. The third-order valence-electron chi connectivity index (χ3n) is 1.33. The molecule has 6 heteroatoms. The van der Waals surface area contributed by atoms with Crippen molar-refractivity contribution in [2.75, 3.05) is 17.6 Å². The summed E-state index contributed by atoms with van der Waals surface area (Å²) in [5, 5.41) is 0. The first-order chi connectivity index (χ1) is 6.51. The second-order valence-electron chi connectivity index (χ2n) is 2.69. The first-order valence-corrected chi connectivity index (χ1v) is 5.97. The lowest BCUT2D eigenvalue weighted by Crippen LogP contribution is -2.09. The van der Waals surface area contributed by atoms with Crippen molar-refractivity contribution in [2.45, 2.75) is 6.92 Å².